The molecule has 0 aromatic carbocycles. The Balaban J connectivity index is 1.98. The molecule has 1 aliphatic heterocycles. The highest BCUT2D eigenvalue weighted by Crippen LogP contribution is 2.25. The van der Waals surface area contributed by atoms with E-state index >= 15 is 0 Å². The summed E-state index contributed by atoms with van der Waals surface area (Å²) in [7, 11) is 0. The van der Waals surface area contributed by atoms with E-state index in [-0.39, 0.29) is 12.1 Å². The Kier molecular flexibility index (Phi) is 5.16. The number of ether oxygens (including phenoxy) is 1. The summed E-state index contributed by atoms with van der Waals surface area (Å²) in [5, 5.41) is 3.79. The highest BCUT2D eigenvalue weighted by molar-refractivity contribution is 6.32. The number of carbonyl (C=O) groups excluding carboxylic acids is 1. The van der Waals surface area contributed by atoms with Gasteiger partial charge in [-0.05, 0) is 52.2 Å². The Morgan fingerprint density at radius 1 is 1.55 bits per heavy atom. The van der Waals surface area contributed by atoms with Gasteiger partial charge in [-0.25, -0.2) is 9.78 Å². The second-order valence-electron chi connectivity index (χ2n) is 6.64. The molecule has 1 fully saturated rings. The Labute approximate surface area is 137 Å². The van der Waals surface area contributed by atoms with Crippen molar-refractivity contribution in [2.24, 2.45) is 0 Å². The molecule has 1 unspecified atom stereocenters. The van der Waals surface area contributed by atoms with Gasteiger partial charge < -0.3 is 15.0 Å². The van der Waals surface area contributed by atoms with E-state index in [1.54, 1.807) is 11.1 Å². The molecule has 22 heavy (non-hydrogen) atoms. The number of halogens is 1. The van der Waals surface area contributed by atoms with Crippen LogP contribution in [0.15, 0.2) is 12.3 Å². The number of aryl methyl sites for hydroxylation is 1. The van der Waals surface area contributed by atoms with Crippen LogP contribution in [0, 0.1) is 6.92 Å². The molecule has 1 aliphatic rings. The molecule has 1 N–H and O–H groups in total. The zero-order chi connectivity index (χ0) is 16.3. The van der Waals surface area contributed by atoms with E-state index in [9.17, 15) is 4.79 Å². The minimum Gasteiger partial charge on any atom is -0.444 e. The summed E-state index contributed by atoms with van der Waals surface area (Å²) in [6.45, 7) is 9.01. The quantitative estimate of drug-likeness (QED) is 0.857. The summed E-state index contributed by atoms with van der Waals surface area (Å²) in [5.41, 5.74) is 1.41. The normalized spacial score (nSPS) is 18.4. The van der Waals surface area contributed by atoms with Crippen LogP contribution in [0.5, 0.6) is 0 Å². The Hall–Kier alpha value is -1.49. The van der Waals surface area contributed by atoms with Crippen LogP contribution >= 0.6 is 11.6 Å². The Morgan fingerprint density at radius 3 is 2.91 bits per heavy atom. The summed E-state index contributed by atoms with van der Waals surface area (Å²) in [5.74, 6) is 0. The summed E-state index contributed by atoms with van der Waals surface area (Å²) in [4.78, 5) is 18.1. The van der Waals surface area contributed by atoms with Crippen LogP contribution in [0.25, 0.3) is 0 Å². The molecule has 0 bridgehead atoms. The second-order valence-corrected chi connectivity index (χ2v) is 7.00. The minimum absolute atomic E-state index is 0.116. The Bertz CT molecular complexity index is 522. The summed E-state index contributed by atoms with van der Waals surface area (Å²) in [6.07, 6.45) is 3.39. The van der Waals surface area contributed by atoms with Gasteiger partial charge in [-0.1, -0.05) is 11.6 Å². The molecule has 1 aromatic heterocycles. The largest absolute Gasteiger partial charge is 0.444 e. The number of nitrogens with one attached hydrogen (secondary N) is 1. The van der Waals surface area contributed by atoms with Gasteiger partial charge in [-0.15, -0.1) is 0 Å². The summed E-state index contributed by atoms with van der Waals surface area (Å²) < 4.78 is 5.47. The zero-order valence-corrected chi connectivity index (χ0v) is 14.4. The fourth-order valence-corrected chi connectivity index (χ4v) is 2.84. The van der Waals surface area contributed by atoms with E-state index in [0.29, 0.717) is 11.7 Å². The van der Waals surface area contributed by atoms with E-state index in [2.05, 4.69) is 10.3 Å². The maximum atomic E-state index is 12.3. The third-order valence-electron chi connectivity index (χ3n) is 3.63. The van der Waals surface area contributed by atoms with Crippen LogP contribution in [0.1, 0.15) is 39.2 Å². The topological polar surface area (TPSA) is 54.5 Å². The highest BCUT2D eigenvalue weighted by atomic mass is 35.5. The lowest BCUT2D eigenvalue weighted by atomic mass is 10.2. The first-order chi connectivity index (χ1) is 10.3. The molecular weight excluding hydrogens is 302 g/mol. The molecule has 1 atom stereocenters. The Morgan fingerprint density at radius 2 is 2.27 bits per heavy atom. The predicted molar refractivity (Wildman–Crippen MR) is 88.4 cm³/mol. The molecule has 0 saturated carbocycles. The van der Waals surface area contributed by atoms with Crippen molar-refractivity contribution in [1.82, 2.24) is 9.88 Å². The van der Waals surface area contributed by atoms with Gasteiger partial charge in [0.2, 0.25) is 0 Å². The maximum Gasteiger partial charge on any atom is 0.410 e. The molecule has 0 aliphatic carbocycles. The molecule has 5 nitrogen and oxygen atoms in total. The standard InChI is InChI=1S/C16H24ClN3O2/c1-11-7-8-18-14(17)13(11)19-10-12-6-5-9-20(12)15(21)22-16(2,3)4/h7-8,12,19H,5-6,9-10H2,1-4H3. The van der Waals surface area contributed by atoms with Crippen LogP contribution in [0.4, 0.5) is 10.5 Å². The van der Waals surface area contributed by atoms with Gasteiger partial charge in [0.15, 0.2) is 5.15 Å². The number of anilines is 1. The molecule has 6 heteroatoms. The molecule has 1 aromatic rings. The zero-order valence-electron chi connectivity index (χ0n) is 13.6. The number of hydrogen-bond donors (Lipinski definition) is 1. The minimum atomic E-state index is -0.471. The molecule has 1 amide bonds. The van der Waals surface area contributed by atoms with Crippen LogP contribution in [0.2, 0.25) is 5.15 Å². The average molecular weight is 326 g/mol. The van der Waals surface area contributed by atoms with E-state index in [0.717, 1.165) is 30.6 Å². The van der Waals surface area contributed by atoms with Gasteiger partial charge in [0, 0.05) is 19.3 Å². The molecule has 1 saturated heterocycles. The van der Waals surface area contributed by atoms with Crippen LogP contribution in [0.3, 0.4) is 0 Å². The third-order valence-corrected chi connectivity index (χ3v) is 3.92. The first kappa shape index (κ1) is 16.9. The number of carbonyl (C=O) groups is 1. The molecule has 122 valence electrons. The monoisotopic (exact) mass is 325 g/mol. The van der Waals surface area contributed by atoms with Crippen molar-refractivity contribution in [3.63, 3.8) is 0 Å². The van der Waals surface area contributed by atoms with Gasteiger partial charge in [0.25, 0.3) is 0 Å². The molecule has 2 rings (SSSR count). The van der Waals surface area contributed by atoms with E-state index in [4.69, 9.17) is 16.3 Å². The predicted octanol–water partition coefficient (Wildman–Crippen LogP) is 3.85. The maximum absolute atomic E-state index is 12.3. The number of pyridine rings is 1. The number of likely N-dealkylation sites (tertiary alicyclic amines) is 1. The smallest absolute Gasteiger partial charge is 0.410 e. The number of amides is 1. The second kappa shape index (κ2) is 6.73. The number of rotatable bonds is 3. The van der Waals surface area contributed by atoms with Crippen molar-refractivity contribution in [2.45, 2.75) is 52.2 Å². The van der Waals surface area contributed by atoms with Crippen LogP contribution in [-0.4, -0.2) is 40.7 Å². The number of aromatic nitrogens is 1. The van der Waals surface area contributed by atoms with Crippen LogP contribution < -0.4 is 5.32 Å². The summed E-state index contributed by atoms with van der Waals surface area (Å²) >= 11 is 6.12. The van der Waals surface area contributed by atoms with Crippen LogP contribution in [-0.2, 0) is 4.74 Å². The molecule has 2 heterocycles. The lowest BCUT2D eigenvalue weighted by molar-refractivity contribution is 0.0235. The molecule has 0 radical (unpaired) electrons. The average Bonchev–Trinajstić information content (AvgIpc) is 2.84. The van der Waals surface area contributed by atoms with Crippen molar-refractivity contribution in [3.8, 4) is 0 Å². The van der Waals surface area contributed by atoms with Crippen molar-refractivity contribution >= 4 is 23.4 Å². The van der Waals surface area contributed by atoms with Gasteiger partial charge >= 0.3 is 6.09 Å². The first-order valence-corrected chi connectivity index (χ1v) is 8.00. The van der Waals surface area contributed by atoms with E-state index in [1.165, 1.54) is 0 Å². The van der Waals surface area contributed by atoms with E-state index < -0.39 is 5.60 Å². The number of nitrogens with zero attached hydrogens (tertiary/aromatic N) is 2. The fraction of sp³-hybridized carbons (Fsp3) is 0.625. The number of hydrogen-bond acceptors (Lipinski definition) is 4. The van der Waals surface area contributed by atoms with Crippen molar-refractivity contribution in [1.29, 1.82) is 0 Å². The van der Waals surface area contributed by atoms with E-state index in [1.807, 2.05) is 33.8 Å². The van der Waals surface area contributed by atoms with Gasteiger partial charge in [-0.3, -0.25) is 0 Å². The molecular formula is C16H24ClN3O2. The third kappa shape index (κ3) is 4.26. The van der Waals surface area contributed by atoms with Crippen molar-refractivity contribution in [3.05, 3.63) is 23.0 Å². The first-order valence-electron chi connectivity index (χ1n) is 7.62. The lowest BCUT2D eigenvalue weighted by Gasteiger charge is -2.29. The van der Waals surface area contributed by atoms with Gasteiger partial charge in [0.05, 0.1) is 11.7 Å². The van der Waals surface area contributed by atoms with Gasteiger partial charge in [-0.2, -0.15) is 0 Å². The highest BCUT2D eigenvalue weighted by Gasteiger charge is 2.32. The fourth-order valence-electron chi connectivity index (χ4n) is 2.57. The lowest BCUT2D eigenvalue weighted by Crippen LogP contribution is -2.42. The van der Waals surface area contributed by atoms with Crippen molar-refractivity contribution < 1.29 is 9.53 Å². The SMILES string of the molecule is Cc1ccnc(Cl)c1NCC1CCCN1C(=O)OC(C)(C)C. The van der Waals surface area contributed by atoms with Gasteiger partial charge in [0.1, 0.15) is 5.60 Å². The summed E-state index contributed by atoms with van der Waals surface area (Å²) in [6, 6.07) is 2.03. The molecule has 0 spiro atoms. The van der Waals surface area contributed by atoms with Crippen molar-refractivity contribution in [2.75, 3.05) is 18.4 Å².